The van der Waals surface area contributed by atoms with Gasteiger partial charge in [0.25, 0.3) is 0 Å². The van der Waals surface area contributed by atoms with Crippen molar-refractivity contribution in [2.45, 2.75) is 12.3 Å². The molecule has 0 fully saturated rings. The Balaban J connectivity index is 1.30. The van der Waals surface area contributed by atoms with Crippen LogP contribution in [-0.4, -0.2) is 21.6 Å². The van der Waals surface area contributed by atoms with Gasteiger partial charge in [-0.15, -0.1) is 0 Å². The number of aromatic nitrogens is 3. The smallest absolute Gasteiger partial charge is 0.176 e. The monoisotopic (exact) mass is 685 g/mol. The Hall–Kier alpha value is -6.85. The number of benzene rings is 5. The van der Waals surface area contributed by atoms with Crippen LogP contribution in [-0.2, 0) is 5.41 Å². The molecule has 1 spiro atoms. The van der Waals surface area contributed by atoms with Crippen LogP contribution in [0.5, 0.6) is 11.5 Å². The lowest BCUT2D eigenvalue weighted by molar-refractivity contribution is 0.231. The number of nitrogens with zero attached hydrogens (tertiary/aromatic N) is 3. The summed E-state index contributed by atoms with van der Waals surface area (Å²) in [6, 6.07) is 41.9. The molecule has 0 saturated carbocycles. The molecule has 2 heterocycles. The maximum Gasteiger partial charge on any atom is 0.176 e. The predicted molar refractivity (Wildman–Crippen MR) is 213 cm³/mol. The van der Waals surface area contributed by atoms with Gasteiger partial charge in [-0.1, -0.05) is 152 Å². The summed E-state index contributed by atoms with van der Waals surface area (Å²) in [5, 5.41) is 0. The molecule has 0 bridgehead atoms. The SMILES string of the molecule is C=C/C=C\C=C1/COc2ccc3c(c2O1)C=C(/C=C(\C=C/C)c1nc(-c2ccccc2)nc(-c2ccccc2)n1)C31c2ccccc2-c2ccccc21. The topological polar surface area (TPSA) is 57.1 Å². The van der Waals surface area contributed by atoms with Gasteiger partial charge in [0.15, 0.2) is 29.0 Å². The molecule has 5 aromatic carbocycles. The molecule has 1 aliphatic heterocycles. The van der Waals surface area contributed by atoms with Crippen LogP contribution in [0.2, 0.25) is 0 Å². The number of rotatable bonds is 7. The molecule has 0 atom stereocenters. The number of hydrogen-bond donors (Lipinski definition) is 0. The molecule has 2 aliphatic carbocycles. The second kappa shape index (κ2) is 13.4. The maximum atomic E-state index is 6.65. The quantitative estimate of drug-likeness (QED) is 0.157. The molecule has 9 rings (SSSR count). The Morgan fingerprint density at radius 1 is 0.698 bits per heavy atom. The number of hydrogen-bond acceptors (Lipinski definition) is 5. The molecule has 0 N–H and O–H groups in total. The third-order valence-corrected chi connectivity index (χ3v) is 10.00. The molecule has 0 radical (unpaired) electrons. The van der Waals surface area contributed by atoms with E-state index in [1.165, 1.54) is 22.3 Å². The van der Waals surface area contributed by atoms with Gasteiger partial charge >= 0.3 is 0 Å². The van der Waals surface area contributed by atoms with Crippen LogP contribution in [0.4, 0.5) is 0 Å². The van der Waals surface area contributed by atoms with Crippen molar-refractivity contribution in [2.75, 3.05) is 6.61 Å². The van der Waals surface area contributed by atoms with E-state index in [1.807, 2.05) is 98.0 Å². The fraction of sp³-hybridized carbons (Fsp3) is 0.0625. The minimum atomic E-state index is -0.630. The zero-order valence-corrected chi connectivity index (χ0v) is 29.2. The van der Waals surface area contributed by atoms with Gasteiger partial charge in [-0.2, -0.15) is 0 Å². The van der Waals surface area contributed by atoms with Crippen LogP contribution in [0.25, 0.3) is 45.6 Å². The third-order valence-electron chi connectivity index (χ3n) is 10.00. The van der Waals surface area contributed by atoms with E-state index < -0.39 is 5.41 Å². The highest BCUT2D eigenvalue weighted by Crippen LogP contribution is 2.62. The van der Waals surface area contributed by atoms with E-state index in [2.05, 4.69) is 79.4 Å². The van der Waals surface area contributed by atoms with Crippen molar-refractivity contribution in [3.63, 3.8) is 0 Å². The van der Waals surface area contributed by atoms with Gasteiger partial charge in [-0.05, 0) is 64.6 Å². The molecule has 1 aromatic heterocycles. The highest BCUT2D eigenvalue weighted by molar-refractivity contribution is 5.95. The van der Waals surface area contributed by atoms with Crippen molar-refractivity contribution in [3.8, 4) is 45.4 Å². The average Bonchev–Trinajstić information content (AvgIpc) is 3.71. The lowest BCUT2D eigenvalue weighted by atomic mass is 9.69. The molecule has 0 amide bonds. The standard InChI is InChI=1S/C48H35N3O2/c1-3-5-8-22-36-31-52-43-28-27-42-39(44(43)53-36)30-35(48(42)40-25-15-13-23-37(40)38-24-14-16-26-41(38)48)29-34(17-4-2)47-50-45(32-18-9-6-10-19-32)49-46(51-47)33-20-11-7-12-21-33/h3-30H,1,31H2,2H3/b8-5-,17-4-,34-29+,36-22+. The maximum absolute atomic E-state index is 6.65. The van der Waals surface area contributed by atoms with Gasteiger partial charge < -0.3 is 9.47 Å². The van der Waals surface area contributed by atoms with Crippen LogP contribution in [0, 0.1) is 0 Å². The first kappa shape index (κ1) is 32.1. The third kappa shape index (κ3) is 5.37. The summed E-state index contributed by atoms with van der Waals surface area (Å²) in [4.78, 5) is 15.2. The second-order valence-electron chi connectivity index (χ2n) is 13.1. The van der Waals surface area contributed by atoms with E-state index in [4.69, 9.17) is 24.4 Å². The van der Waals surface area contributed by atoms with Crippen molar-refractivity contribution < 1.29 is 9.47 Å². The summed E-state index contributed by atoms with van der Waals surface area (Å²) in [6.07, 6.45) is 16.1. The van der Waals surface area contributed by atoms with Crippen LogP contribution >= 0.6 is 0 Å². The van der Waals surface area contributed by atoms with Crippen LogP contribution in [0.1, 0.15) is 35.0 Å². The molecule has 53 heavy (non-hydrogen) atoms. The van der Waals surface area contributed by atoms with Gasteiger partial charge in [-0.25, -0.2) is 15.0 Å². The number of fused-ring (bicyclic) bond motifs is 9. The first-order valence-electron chi connectivity index (χ1n) is 17.8. The molecule has 5 heteroatoms. The molecular weight excluding hydrogens is 651 g/mol. The summed E-state index contributed by atoms with van der Waals surface area (Å²) in [5.74, 6) is 3.97. The van der Waals surface area contributed by atoms with Crippen molar-refractivity contribution >= 4 is 11.6 Å². The molecule has 254 valence electrons. The zero-order valence-electron chi connectivity index (χ0n) is 29.2. The van der Waals surface area contributed by atoms with Gasteiger partial charge in [0.2, 0.25) is 0 Å². The predicted octanol–water partition coefficient (Wildman–Crippen LogP) is 11.0. The van der Waals surface area contributed by atoms with Gasteiger partial charge in [0.1, 0.15) is 12.4 Å². The Morgan fingerprint density at radius 2 is 1.32 bits per heavy atom. The van der Waals surface area contributed by atoms with Gasteiger partial charge in [0.05, 0.1) is 5.41 Å². The van der Waals surface area contributed by atoms with Crippen LogP contribution < -0.4 is 9.47 Å². The molecule has 3 aliphatic rings. The summed E-state index contributed by atoms with van der Waals surface area (Å²) in [6.45, 7) is 6.16. The minimum absolute atomic E-state index is 0.346. The van der Waals surface area contributed by atoms with E-state index in [-0.39, 0.29) is 0 Å². The normalized spacial score (nSPS) is 15.8. The summed E-state index contributed by atoms with van der Waals surface area (Å²) in [7, 11) is 0. The van der Waals surface area contributed by atoms with Crippen molar-refractivity contribution in [1.29, 1.82) is 0 Å². The Morgan fingerprint density at radius 3 is 1.94 bits per heavy atom. The van der Waals surface area contributed by atoms with Crippen molar-refractivity contribution in [3.05, 3.63) is 210 Å². The van der Waals surface area contributed by atoms with E-state index in [0.29, 0.717) is 29.8 Å². The number of allylic oxidation sites excluding steroid dienone is 9. The molecule has 0 unspecified atom stereocenters. The lowest BCUT2D eigenvalue weighted by Gasteiger charge is -2.32. The highest BCUT2D eigenvalue weighted by atomic mass is 16.6. The molecular formula is C48H35N3O2. The van der Waals surface area contributed by atoms with E-state index in [9.17, 15) is 0 Å². The first-order chi connectivity index (χ1) is 26.2. The van der Waals surface area contributed by atoms with Crippen molar-refractivity contribution in [1.82, 2.24) is 15.0 Å². The molecule has 5 nitrogen and oxygen atoms in total. The van der Waals surface area contributed by atoms with Crippen LogP contribution in [0.15, 0.2) is 182 Å². The summed E-state index contributed by atoms with van der Waals surface area (Å²) in [5.41, 5.74) is 10.2. The first-order valence-corrected chi connectivity index (χ1v) is 17.8. The van der Waals surface area contributed by atoms with E-state index >= 15 is 0 Å². The van der Waals surface area contributed by atoms with E-state index in [0.717, 1.165) is 44.9 Å². The summed E-state index contributed by atoms with van der Waals surface area (Å²) >= 11 is 0. The lowest BCUT2D eigenvalue weighted by Crippen LogP contribution is -2.27. The Kier molecular flexibility index (Phi) is 8.09. The molecule has 0 saturated heterocycles. The number of ether oxygens (including phenoxy) is 2. The Bertz CT molecular complexity index is 2460. The van der Waals surface area contributed by atoms with E-state index in [1.54, 1.807) is 6.08 Å². The highest BCUT2D eigenvalue weighted by Gasteiger charge is 2.51. The fourth-order valence-corrected chi connectivity index (χ4v) is 7.78. The summed E-state index contributed by atoms with van der Waals surface area (Å²) < 4.78 is 12.9. The fourth-order valence-electron chi connectivity index (χ4n) is 7.78. The zero-order chi connectivity index (χ0) is 35.8. The second-order valence-corrected chi connectivity index (χ2v) is 13.1. The minimum Gasteiger partial charge on any atom is -0.482 e. The average molecular weight is 686 g/mol. The van der Waals surface area contributed by atoms with Crippen molar-refractivity contribution in [2.24, 2.45) is 0 Å². The van der Waals surface area contributed by atoms with Gasteiger partial charge in [-0.3, -0.25) is 0 Å². The Labute approximate surface area is 309 Å². The van der Waals surface area contributed by atoms with Gasteiger partial charge in [0, 0.05) is 22.3 Å². The van der Waals surface area contributed by atoms with Crippen LogP contribution in [0.3, 0.4) is 0 Å². The largest absolute Gasteiger partial charge is 0.482 e. The molecule has 6 aromatic rings.